The molecule has 0 unspecified atom stereocenters. The summed E-state index contributed by atoms with van der Waals surface area (Å²) in [6.45, 7) is 2.08. The second kappa shape index (κ2) is 9.63. The molecule has 0 spiro atoms. The molecule has 1 aliphatic rings. The van der Waals surface area contributed by atoms with Crippen LogP contribution in [0.4, 0.5) is 5.13 Å². The lowest BCUT2D eigenvalue weighted by Gasteiger charge is -2.38. The van der Waals surface area contributed by atoms with E-state index in [1.807, 2.05) is 30.3 Å². The van der Waals surface area contributed by atoms with Gasteiger partial charge < -0.3 is 15.0 Å². The summed E-state index contributed by atoms with van der Waals surface area (Å²) in [5.74, 6) is 1.22. The molecule has 0 atom stereocenters. The van der Waals surface area contributed by atoms with Gasteiger partial charge in [-0.2, -0.15) is 0 Å². The lowest BCUT2D eigenvalue weighted by atomic mass is 9.88. The summed E-state index contributed by atoms with van der Waals surface area (Å²) in [7, 11) is 1.66. The summed E-state index contributed by atoms with van der Waals surface area (Å²) < 4.78 is 6.42. The number of benzene rings is 3. The molecule has 1 aromatic heterocycles. The largest absolute Gasteiger partial charge is 0.497 e. The van der Waals surface area contributed by atoms with Crippen molar-refractivity contribution in [2.45, 2.75) is 12.3 Å². The van der Waals surface area contributed by atoms with Crippen molar-refractivity contribution in [2.75, 3.05) is 31.6 Å². The number of nitrogens with one attached hydrogen (secondary N) is 1. The number of ether oxygens (including phenoxy) is 1. The number of thiazole rings is 1. The first-order valence-electron chi connectivity index (χ1n) is 11.3. The normalized spacial score (nSPS) is 13.8. The fraction of sp³-hybridized carbons (Fsp3) is 0.259. The summed E-state index contributed by atoms with van der Waals surface area (Å²) >= 11 is 1.66. The Balaban J connectivity index is 1.16. The van der Waals surface area contributed by atoms with E-state index in [1.165, 1.54) is 11.1 Å². The van der Waals surface area contributed by atoms with Crippen LogP contribution in [0.2, 0.25) is 0 Å². The predicted octanol–water partition coefficient (Wildman–Crippen LogP) is 5.08. The average Bonchev–Trinajstić information content (AvgIpc) is 3.24. The van der Waals surface area contributed by atoms with E-state index in [9.17, 15) is 4.79 Å². The Morgan fingerprint density at radius 2 is 1.73 bits per heavy atom. The molecular formula is C27H27N3O2S. The van der Waals surface area contributed by atoms with Crippen molar-refractivity contribution < 1.29 is 9.53 Å². The van der Waals surface area contributed by atoms with Gasteiger partial charge in [0, 0.05) is 31.6 Å². The van der Waals surface area contributed by atoms with Crippen LogP contribution in [-0.2, 0) is 4.79 Å². The van der Waals surface area contributed by atoms with Crippen molar-refractivity contribution in [1.29, 1.82) is 0 Å². The van der Waals surface area contributed by atoms with Crippen LogP contribution in [-0.4, -0.2) is 37.6 Å². The molecule has 0 bridgehead atoms. The zero-order valence-corrected chi connectivity index (χ0v) is 19.4. The maximum absolute atomic E-state index is 12.7. The maximum atomic E-state index is 12.7. The molecule has 1 N–H and O–H groups in total. The first-order chi connectivity index (χ1) is 16.2. The van der Waals surface area contributed by atoms with Crippen LogP contribution in [0.1, 0.15) is 23.5 Å². The SMILES string of the molecule is COc1ccc2sc(N3CC(C(=O)NCCC(c4ccccc4)c4ccccc4)C3)nc2c1. The van der Waals surface area contributed by atoms with Crippen LogP contribution < -0.4 is 15.0 Å². The fourth-order valence-corrected chi connectivity index (χ4v) is 5.30. The van der Waals surface area contributed by atoms with Gasteiger partial charge in [0.05, 0.1) is 23.2 Å². The molecular weight excluding hydrogens is 430 g/mol. The highest BCUT2D eigenvalue weighted by Crippen LogP contribution is 2.34. The number of methoxy groups -OCH3 is 1. The number of fused-ring (bicyclic) bond motifs is 1. The van der Waals surface area contributed by atoms with Gasteiger partial charge in [-0.1, -0.05) is 72.0 Å². The smallest absolute Gasteiger partial charge is 0.226 e. The minimum absolute atomic E-state index is 0.0125. The van der Waals surface area contributed by atoms with E-state index in [4.69, 9.17) is 9.72 Å². The quantitative estimate of drug-likeness (QED) is 0.401. The first-order valence-corrected chi connectivity index (χ1v) is 12.1. The first kappa shape index (κ1) is 21.5. The number of amides is 1. The molecule has 1 fully saturated rings. The molecule has 33 heavy (non-hydrogen) atoms. The van der Waals surface area contributed by atoms with E-state index in [2.05, 4.69) is 58.7 Å². The number of carbonyl (C=O) groups excluding carboxylic acids is 1. The van der Waals surface area contributed by atoms with E-state index in [0.29, 0.717) is 19.6 Å². The Kier molecular flexibility index (Phi) is 6.26. The van der Waals surface area contributed by atoms with Gasteiger partial charge in [-0.25, -0.2) is 4.98 Å². The van der Waals surface area contributed by atoms with E-state index < -0.39 is 0 Å². The number of carbonyl (C=O) groups is 1. The predicted molar refractivity (Wildman–Crippen MR) is 134 cm³/mol. The second-order valence-electron chi connectivity index (χ2n) is 8.39. The lowest BCUT2D eigenvalue weighted by Crippen LogP contribution is -2.53. The molecule has 3 aromatic carbocycles. The number of aromatic nitrogens is 1. The van der Waals surface area contributed by atoms with Gasteiger partial charge in [-0.15, -0.1) is 0 Å². The molecule has 1 aliphatic heterocycles. The van der Waals surface area contributed by atoms with Crippen LogP contribution in [0.15, 0.2) is 78.9 Å². The van der Waals surface area contributed by atoms with Crippen LogP contribution in [0.5, 0.6) is 5.75 Å². The monoisotopic (exact) mass is 457 g/mol. The minimum Gasteiger partial charge on any atom is -0.497 e. The van der Waals surface area contributed by atoms with Crippen LogP contribution in [0.25, 0.3) is 10.2 Å². The Bertz CT molecular complexity index is 1180. The third-order valence-electron chi connectivity index (χ3n) is 6.24. The molecule has 0 aliphatic carbocycles. The van der Waals surface area contributed by atoms with Gasteiger partial charge in [0.1, 0.15) is 5.75 Å². The summed E-state index contributed by atoms with van der Waals surface area (Å²) in [6.07, 6.45) is 0.871. The van der Waals surface area contributed by atoms with Gasteiger partial charge in [0.15, 0.2) is 5.13 Å². The highest BCUT2D eigenvalue weighted by atomic mass is 32.1. The molecule has 1 amide bonds. The van der Waals surface area contributed by atoms with Crippen LogP contribution >= 0.6 is 11.3 Å². The van der Waals surface area contributed by atoms with Crippen molar-refractivity contribution in [3.05, 3.63) is 90.0 Å². The summed E-state index contributed by atoms with van der Waals surface area (Å²) in [4.78, 5) is 19.6. The van der Waals surface area contributed by atoms with E-state index in [-0.39, 0.29) is 17.7 Å². The van der Waals surface area contributed by atoms with Crippen molar-refractivity contribution in [3.63, 3.8) is 0 Å². The highest BCUT2D eigenvalue weighted by molar-refractivity contribution is 7.22. The Hall–Kier alpha value is -3.38. The van der Waals surface area contributed by atoms with Crippen molar-refractivity contribution in [3.8, 4) is 5.75 Å². The summed E-state index contributed by atoms with van der Waals surface area (Å²) in [6, 6.07) is 27.0. The fourth-order valence-electron chi connectivity index (χ4n) is 4.34. The standard InChI is InChI=1S/C27H27N3O2S/c1-32-22-12-13-25-24(16-22)29-27(33-25)30-17-21(18-30)26(31)28-15-14-23(19-8-4-2-5-9-19)20-10-6-3-7-11-20/h2-13,16,21,23H,14-15,17-18H2,1H3,(H,28,31). The van der Waals surface area contributed by atoms with Crippen molar-refractivity contribution in [2.24, 2.45) is 5.92 Å². The van der Waals surface area contributed by atoms with E-state index in [0.717, 1.165) is 27.5 Å². The van der Waals surface area contributed by atoms with Crippen molar-refractivity contribution >= 4 is 32.6 Å². The van der Waals surface area contributed by atoms with Crippen LogP contribution in [0.3, 0.4) is 0 Å². The number of anilines is 1. The zero-order chi connectivity index (χ0) is 22.6. The van der Waals surface area contributed by atoms with Crippen molar-refractivity contribution in [1.82, 2.24) is 10.3 Å². The third kappa shape index (κ3) is 4.71. The summed E-state index contributed by atoms with van der Waals surface area (Å²) in [5.41, 5.74) is 3.50. The lowest BCUT2D eigenvalue weighted by molar-refractivity contribution is -0.125. The Morgan fingerprint density at radius 1 is 1.06 bits per heavy atom. The molecule has 168 valence electrons. The molecule has 6 heteroatoms. The average molecular weight is 458 g/mol. The van der Waals surface area contributed by atoms with Crippen LogP contribution in [0, 0.1) is 5.92 Å². The third-order valence-corrected chi connectivity index (χ3v) is 7.34. The number of nitrogens with zero attached hydrogens (tertiary/aromatic N) is 2. The second-order valence-corrected chi connectivity index (χ2v) is 9.39. The maximum Gasteiger partial charge on any atom is 0.226 e. The van der Waals surface area contributed by atoms with Gasteiger partial charge in [-0.05, 0) is 29.7 Å². The van der Waals surface area contributed by atoms with E-state index in [1.54, 1.807) is 18.4 Å². The van der Waals surface area contributed by atoms with Gasteiger partial charge in [0.25, 0.3) is 0 Å². The number of hydrogen-bond acceptors (Lipinski definition) is 5. The zero-order valence-electron chi connectivity index (χ0n) is 18.6. The van der Waals surface area contributed by atoms with Gasteiger partial charge in [0.2, 0.25) is 5.91 Å². The highest BCUT2D eigenvalue weighted by Gasteiger charge is 2.34. The summed E-state index contributed by atoms with van der Waals surface area (Å²) in [5, 5.41) is 4.14. The Labute approximate surface area is 198 Å². The number of rotatable bonds is 8. The van der Waals surface area contributed by atoms with Gasteiger partial charge in [-0.3, -0.25) is 4.79 Å². The molecule has 4 aromatic rings. The number of hydrogen-bond donors (Lipinski definition) is 1. The van der Waals surface area contributed by atoms with Gasteiger partial charge >= 0.3 is 0 Å². The minimum atomic E-state index is 0.0125. The van der Waals surface area contributed by atoms with E-state index >= 15 is 0 Å². The molecule has 0 saturated carbocycles. The molecule has 0 radical (unpaired) electrons. The Morgan fingerprint density at radius 3 is 2.36 bits per heavy atom. The molecule has 5 nitrogen and oxygen atoms in total. The molecule has 5 rings (SSSR count). The topological polar surface area (TPSA) is 54.5 Å². The molecule has 1 saturated heterocycles. The molecule has 2 heterocycles.